The van der Waals surface area contributed by atoms with E-state index < -0.39 is 29.5 Å². The number of benzene rings is 1. The minimum atomic E-state index is -4.94. The van der Waals surface area contributed by atoms with Crippen molar-refractivity contribution < 1.29 is 32.2 Å². The molecule has 0 bridgehead atoms. The molecule has 116 valence electrons. The molecule has 8 heteroatoms. The Bertz CT molecular complexity index is 567. The van der Waals surface area contributed by atoms with Crippen LogP contribution in [0.5, 0.6) is 5.75 Å². The lowest BCUT2D eigenvalue weighted by Gasteiger charge is -2.24. The Morgan fingerprint density at radius 2 is 1.76 bits per heavy atom. The molecule has 0 aromatic heterocycles. The molecular formula is C13H12BrF3O4. The SMILES string of the molecule is CC(=O)OC(C)(C)C(=O)c1ccc(Br)cc1OC(F)(F)F. The van der Waals surface area contributed by atoms with Crippen LogP contribution in [0.4, 0.5) is 13.2 Å². The van der Waals surface area contributed by atoms with Crippen molar-refractivity contribution in [1.82, 2.24) is 0 Å². The van der Waals surface area contributed by atoms with Crippen molar-refractivity contribution in [1.29, 1.82) is 0 Å². The molecule has 0 saturated heterocycles. The molecule has 0 spiro atoms. The lowest BCUT2D eigenvalue weighted by Crippen LogP contribution is -2.37. The largest absolute Gasteiger partial charge is 0.573 e. The topological polar surface area (TPSA) is 52.6 Å². The maximum absolute atomic E-state index is 12.4. The molecule has 0 radical (unpaired) electrons. The van der Waals surface area contributed by atoms with Crippen LogP contribution in [-0.4, -0.2) is 23.7 Å². The number of hydrogen-bond donors (Lipinski definition) is 0. The zero-order valence-corrected chi connectivity index (χ0v) is 13.0. The molecule has 0 aliphatic heterocycles. The summed E-state index contributed by atoms with van der Waals surface area (Å²) in [5.74, 6) is -2.18. The van der Waals surface area contributed by atoms with Crippen LogP contribution in [0.2, 0.25) is 0 Å². The molecule has 4 nitrogen and oxygen atoms in total. The molecule has 0 heterocycles. The van der Waals surface area contributed by atoms with Crippen LogP contribution in [0.3, 0.4) is 0 Å². The van der Waals surface area contributed by atoms with E-state index >= 15 is 0 Å². The number of halogens is 4. The van der Waals surface area contributed by atoms with E-state index in [4.69, 9.17) is 4.74 Å². The molecule has 21 heavy (non-hydrogen) atoms. The smallest absolute Gasteiger partial charge is 0.451 e. The highest BCUT2D eigenvalue weighted by atomic mass is 79.9. The Balaban J connectivity index is 3.23. The highest BCUT2D eigenvalue weighted by Gasteiger charge is 2.37. The number of ketones is 1. The van der Waals surface area contributed by atoms with Crippen molar-refractivity contribution in [3.8, 4) is 5.75 Å². The fourth-order valence-corrected chi connectivity index (χ4v) is 1.96. The van der Waals surface area contributed by atoms with Gasteiger partial charge in [0.25, 0.3) is 0 Å². The number of Topliss-reactive ketones (excluding diaryl/α,β-unsaturated/α-hetero) is 1. The monoisotopic (exact) mass is 368 g/mol. The number of ether oxygens (including phenoxy) is 2. The number of rotatable bonds is 4. The summed E-state index contributed by atoms with van der Waals surface area (Å²) in [6.07, 6.45) is -4.94. The Kier molecular flexibility index (Phi) is 5.03. The number of carbonyl (C=O) groups excluding carboxylic acids is 2. The highest BCUT2D eigenvalue weighted by Crippen LogP contribution is 2.32. The van der Waals surface area contributed by atoms with Gasteiger partial charge in [0.2, 0.25) is 5.78 Å². The number of hydrogen-bond acceptors (Lipinski definition) is 4. The molecule has 0 amide bonds. The first-order valence-corrected chi connectivity index (χ1v) is 6.51. The highest BCUT2D eigenvalue weighted by molar-refractivity contribution is 9.10. The van der Waals surface area contributed by atoms with Gasteiger partial charge in [-0.2, -0.15) is 0 Å². The lowest BCUT2D eigenvalue weighted by atomic mass is 9.96. The van der Waals surface area contributed by atoms with Gasteiger partial charge in [0.15, 0.2) is 5.60 Å². The van der Waals surface area contributed by atoms with E-state index in [1.54, 1.807) is 0 Å². The average Bonchev–Trinajstić information content (AvgIpc) is 2.24. The lowest BCUT2D eigenvalue weighted by molar-refractivity contribution is -0.274. The summed E-state index contributed by atoms with van der Waals surface area (Å²) in [7, 11) is 0. The van der Waals surface area contributed by atoms with Gasteiger partial charge in [-0.15, -0.1) is 13.2 Å². The Labute approximate surface area is 127 Å². The summed E-state index contributed by atoms with van der Waals surface area (Å²) in [4.78, 5) is 23.2. The Morgan fingerprint density at radius 1 is 1.19 bits per heavy atom. The minimum Gasteiger partial charge on any atom is -0.451 e. The second-order valence-electron chi connectivity index (χ2n) is 4.62. The maximum atomic E-state index is 12.4. The first-order chi connectivity index (χ1) is 9.42. The van der Waals surface area contributed by atoms with Crippen molar-refractivity contribution in [3.63, 3.8) is 0 Å². The zero-order valence-electron chi connectivity index (χ0n) is 11.4. The predicted octanol–water partition coefficient (Wildman–Crippen LogP) is 3.87. The first kappa shape index (κ1) is 17.5. The van der Waals surface area contributed by atoms with Crippen molar-refractivity contribution in [2.75, 3.05) is 0 Å². The van der Waals surface area contributed by atoms with E-state index in [1.165, 1.54) is 26.0 Å². The van der Waals surface area contributed by atoms with E-state index in [0.29, 0.717) is 4.47 Å². The normalized spacial score (nSPS) is 12.0. The molecule has 0 unspecified atom stereocenters. The van der Waals surface area contributed by atoms with E-state index in [2.05, 4.69) is 20.7 Å². The average molecular weight is 369 g/mol. The van der Waals surface area contributed by atoms with Crippen LogP contribution < -0.4 is 4.74 Å². The Morgan fingerprint density at radius 3 is 2.24 bits per heavy atom. The second-order valence-corrected chi connectivity index (χ2v) is 5.54. The van der Waals surface area contributed by atoms with Gasteiger partial charge >= 0.3 is 12.3 Å². The minimum absolute atomic E-state index is 0.309. The van der Waals surface area contributed by atoms with Gasteiger partial charge in [-0.1, -0.05) is 15.9 Å². The summed E-state index contributed by atoms with van der Waals surface area (Å²) < 4.78 is 46.2. The van der Waals surface area contributed by atoms with Crippen molar-refractivity contribution in [2.45, 2.75) is 32.7 Å². The summed E-state index contributed by atoms with van der Waals surface area (Å²) in [6.45, 7) is 3.68. The predicted molar refractivity (Wildman–Crippen MR) is 71.0 cm³/mol. The fraction of sp³-hybridized carbons (Fsp3) is 0.385. The third-order valence-electron chi connectivity index (χ3n) is 2.36. The van der Waals surface area contributed by atoms with Crippen LogP contribution in [0.1, 0.15) is 31.1 Å². The summed E-state index contributed by atoms with van der Waals surface area (Å²) in [5.41, 5.74) is -1.94. The van der Waals surface area contributed by atoms with Crippen molar-refractivity contribution >= 4 is 27.7 Å². The summed E-state index contributed by atoms with van der Waals surface area (Å²) in [6, 6.07) is 3.57. The quantitative estimate of drug-likeness (QED) is 0.597. The van der Waals surface area contributed by atoms with Gasteiger partial charge in [0.1, 0.15) is 5.75 Å². The standard InChI is InChI=1S/C13H12BrF3O4/c1-7(18)20-12(2,3)11(19)9-5-4-8(14)6-10(9)21-13(15,16)17/h4-6H,1-3H3. The molecule has 1 rings (SSSR count). The molecular weight excluding hydrogens is 357 g/mol. The van der Waals surface area contributed by atoms with Gasteiger partial charge in [-0.3, -0.25) is 9.59 Å². The molecule has 0 atom stereocenters. The summed E-state index contributed by atoms with van der Waals surface area (Å²) in [5, 5.41) is 0. The Hall–Kier alpha value is -1.57. The van der Waals surface area contributed by atoms with Crippen molar-refractivity contribution in [2.24, 2.45) is 0 Å². The third kappa shape index (κ3) is 5.04. The molecule has 0 saturated carbocycles. The van der Waals surface area contributed by atoms with Crippen molar-refractivity contribution in [3.05, 3.63) is 28.2 Å². The second kappa shape index (κ2) is 6.05. The maximum Gasteiger partial charge on any atom is 0.573 e. The van der Waals surface area contributed by atoms with Crippen LogP contribution >= 0.6 is 15.9 Å². The third-order valence-corrected chi connectivity index (χ3v) is 2.85. The van der Waals surface area contributed by atoms with E-state index in [0.717, 1.165) is 13.0 Å². The van der Waals surface area contributed by atoms with Gasteiger partial charge < -0.3 is 9.47 Å². The zero-order chi connectivity index (χ0) is 16.4. The van der Waals surface area contributed by atoms with E-state index in [-0.39, 0.29) is 5.56 Å². The summed E-state index contributed by atoms with van der Waals surface area (Å²) >= 11 is 3.00. The molecule has 1 aromatic carbocycles. The molecule has 0 aliphatic carbocycles. The fourth-order valence-electron chi connectivity index (χ4n) is 1.62. The van der Waals surface area contributed by atoms with Gasteiger partial charge in [-0.25, -0.2) is 0 Å². The molecule has 0 fully saturated rings. The van der Waals surface area contributed by atoms with Gasteiger partial charge in [0.05, 0.1) is 5.56 Å². The van der Waals surface area contributed by atoms with Crippen LogP contribution in [0, 0.1) is 0 Å². The van der Waals surface area contributed by atoms with Crippen LogP contribution in [-0.2, 0) is 9.53 Å². The van der Waals surface area contributed by atoms with Gasteiger partial charge in [-0.05, 0) is 32.0 Å². The number of carbonyl (C=O) groups is 2. The number of alkyl halides is 3. The molecule has 0 N–H and O–H groups in total. The van der Waals surface area contributed by atoms with E-state index in [1.807, 2.05) is 0 Å². The first-order valence-electron chi connectivity index (χ1n) is 5.72. The van der Waals surface area contributed by atoms with Crippen LogP contribution in [0.25, 0.3) is 0 Å². The molecule has 0 aliphatic rings. The molecule has 1 aromatic rings. The number of esters is 1. The van der Waals surface area contributed by atoms with Gasteiger partial charge in [0, 0.05) is 11.4 Å². The van der Waals surface area contributed by atoms with Crippen LogP contribution in [0.15, 0.2) is 22.7 Å². The van der Waals surface area contributed by atoms with E-state index in [9.17, 15) is 22.8 Å².